The van der Waals surface area contributed by atoms with E-state index in [-0.39, 0.29) is 6.04 Å². The zero-order chi connectivity index (χ0) is 15.7. The first-order valence-electron chi connectivity index (χ1n) is 6.89. The molecule has 2 N–H and O–H groups in total. The molecule has 0 saturated carbocycles. The number of nitrogens with zero attached hydrogens (tertiary/aromatic N) is 2. The van der Waals surface area contributed by atoms with Gasteiger partial charge in [-0.15, -0.1) is 22.7 Å². The number of nitrogens with one attached hydrogen (secondary N) is 1. The fourth-order valence-electron chi connectivity index (χ4n) is 2.41. The molecule has 7 heteroatoms. The minimum absolute atomic E-state index is 0.158. The summed E-state index contributed by atoms with van der Waals surface area (Å²) in [4.78, 5) is 22.1. The van der Waals surface area contributed by atoms with Crippen molar-refractivity contribution >= 4 is 44.7 Å². The van der Waals surface area contributed by atoms with Gasteiger partial charge < -0.3 is 10.4 Å². The predicted octanol–water partition coefficient (Wildman–Crippen LogP) is 4.32. The van der Waals surface area contributed by atoms with Crippen LogP contribution in [0.25, 0.3) is 10.2 Å². The number of hydrogen-bond donors (Lipinski definition) is 2. The molecule has 3 aromatic heterocycles. The first-order chi connectivity index (χ1) is 10.6. The standard InChI is InChI=1S/C15H15N3O2S2/c1-3-9(10-5-4-6-21-10)18-13-11-8(2)12(15(19)20)22-14(11)17-7-16-13/h4-7,9H,3H2,1-2H3,(H,19,20)(H,16,17,18)/t9-/m0/s1. The average Bonchev–Trinajstić information content (AvgIpc) is 3.13. The van der Waals surface area contributed by atoms with E-state index in [9.17, 15) is 9.90 Å². The maximum atomic E-state index is 11.3. The van der Waals surface area contributed by atoms with Gasteiger partial charge in [-0.2, -0.15) is 0 Å². The largest absolute Gasteiger partial charge is 0.477 e. The second kappa shape index (κ2) is 6.02. The Labute approximate surface area is 135 Å². The van der Waals surface area contributed by atoms with E-state index in [1.165, 1.54) is 22.5 Å². The number of hydrogen-bond acceptors (Lipinski definition) is 6. The molecule has 3 heterocycles. The second-order valence-corrected chi connectivity index (χ2v) is 6.86. The zero-order valence-electron chi connectivity index (χ0n) is 12.2. The predicted molar refractivity (Wildman–Crippen MR) is 90.1 cm³/mol. The number of fused-ring (bicyclic) bond motifs is 1. The Morgan fingerprint density at radius 2 is 2.27 bits per heavy atom. The van der Waals surface area contributed by atoms with E-state index in [1.54, 1.807) is 11.3 Å². The SMILES string of the molecule is CC[C@H](Nc1ncnc2sc(C(=O)O)c(C)c12)c1cccs1. The minimum Gasteiger partial charge on any atom is -0.477 e. The van der Waals surface area contributed by atoms with Crippen LogP contribution < -0.4 is 5.32 Å². The molecule has 114 valence electrons. The molecule has 3 rings (SSSR count). The number of aromatic nitrogens is 2. The Morgan fingerprint density at radius 3 is 2.91 bits per heavy atom. The summed E-state index contributed by atoms with van der Waals surface area (Å²) in [5, 5.41) is 15.6. The van der Waals surface area contributed by atoms with Gasteiger partial charge in [0.15, 0.2) is 0 Å². The Hall–Kier alpha value is -1.99. The van der Waals surface area contributed by atoms with Crippen molar-refractivity contribution in [2.24, 2.45) is 0 Å². The fourth-order valence-corrected chi connectivity index (χ4v) is 4.26. The molecule has 0 spiro atoms. The number of aryl methyl sites for hydroxylation is 1. The minimum atomic E-state index is -0.920. The Morgan fingerprint density at radius 1 is 1.45 bits per heavy atom. The highest BCUT2D eigenvalue weighted by Gasteiger charge is 2.20. The van der Waals surface area contributed by atoms with Crippen molar-refractivity contribution in [2.45, 2.75) is 26.3 Å². The highest BCUT2D eigenvalue weighted by atomic mass is 32.1. The lowest BCUT2D eigenvalue weighted by atomic mass is 10.1. The molecule has 0 aromatic carbocycles. The van der Waals surface area contributed by atoms with E-state index < -0.39 is 5.97 Å². The molecule has 0 saturated heterocycles. The Bertz CT molecular complexity index is 812. The zero-order valence-corrected chi connectivity index (χ0v) is 13.8. The third-order valence-electron chi connectivity index (χ3n) is 3.53. The van der Waals surface area contributed by atoms with Gasteiger partial charge in [-0.1, -0.05) is 13.0 Å². The average molecular weight is 333 g/mol. The van der Waals surface area contributed by atoms with Crippen molar-refractivity contribution < 1.29 is 9.90 Å². The number of carboxylic acids is 1. The lowest BCUT2D eigenvalue weighted by molar-refractivity contribution is 0.0701. The molecule has 0 radical (unpaired) electrons. The van der Waals surface area contributed by atoms with Crippen LogP contribution >= 0.6 is 22.7 Å². The third-order valence-corrected chi connectivity index (χ3v) is 5.70. The molecule has 0 aliphatic heterocycles. The molecule has 0 aliphatic carbocycles. The van der Waals surface area contributed by atoms with E-state index in [0.717, 1.165) is 17.4 Å². The summed E-state index contributed by atoms with van der Waals surface area (Å²) in [5.74, 6) is -0.219. The lowest BCUT2D eigenvalue weighted by Gasteiger charge is -2.16. The summed E-state index contributed by atoms with van der Waals surface area (Å²) < 4.78 is 0. The fraction of sp³-hybridized carbons (Fsp3) is 0.267. The van der Waals surface area contributed by atoms with E-state index in [0.29, 0.717) is 15.5 Å². The molecule has 22 heavy (non-hydrogen) atoms. The van der Waals surface area contributed by atoms with Gasteiger partial charge in [-0.25, -0.2) is 14.8 Å². The van der Waals surface area contributed by atoms with Crippen LogP contribution in [0.4, 0.5) is 5.82 Å². The lowest BCUT2D eigenvalue weighted by Crippen LogP contribution is -2.10. The molecule has 0 amide bonds. The number of carbonyl (C=O) groups is 1. The molecule has 0 bridgehead atoms. The van der Waals surface area contributed by atoms with Gasteiger partial charge in [0.25, 0.3) is 0 Å². The summed E-state index contributed by atoms with van der Waals surface area (Å²) in [5.41, 5.74) is 0.719. The Kier molecular flexibility index (Phi) is 4.08. The van der Waals surface area contributed by atoms with Crippen LogP contribution in [-0.2, 0) is 0 Å². The van der Waals surface area contributed by atoms with Crippen molar-refractivity contribution in [1.82, 2.24) is 9.97 Å². The van der Waals surface area contributed by atoms with Gasteiger partial charge in [0.05, 0.1) is 11.4 Å². The number of rotatable bonds is 5. The maximum Gasteiger partial charge on any atom is 0.346 e. The van der Waals surface area contributed by atoms with Crippen molar-refractivity contribution in [1.29, 1.82) is 0 Å². The van der Waals surface area contributed by atoms with Crippen molar-refractivity contribution in [3.05, 3.63) is 39.2 Å². The van der Waals surface area contributed by atoms with Crippen LogP contribution in [-0.4, -0.2) is 21.0 Å². The summed E-state index contributed by atoms with van der Waals surface area (Å²) in [7, 11) is 0. The van der Waals surface area contributed by atoms with Gasteiger partial charge in [0, 0.05) is 4.88 Å². The summed E-state index contributed by atoms with van der Waals surface area (Å²) in [6.45, 7) is 3.92. The normalized spacial score (nSPS) is 12.5. The molecule has 3 aromatic rings. The quantitative estimate of drug-likeness (QED) is 0.727. The molecular weight excluding hydrogens is 318 g/mol. The molecule has 0 unspecified atom stereocenters. The van der Waals surface area contributed by atoms with Crippen LogP contribution in [0.1, 0.15) is 39.5 Å². The van der Waals surface area contributed by atoms with E-state index >= 15 is 0 Å². The van der Waals surface area contributed by atoms with Gasteiger partial charge >= 0.3 is 5.97 Å². The van der Waals surface area contributed by atoms with E-state index in [4.69, 9.17) is 0 Å². The van der Waals surface area contributed by atoms with Gasteiger partial charge in [0.2, 0.25) is 0 Å². The van der Waals surface area contributed by atoms with Crippen LogP contribution in [0.2, 0.25) is 0 Å². The van der Waals surface area contributed by atoms with Crippen molar-refractivity contribution in [2.75, 3.05) is 5.32 Å². The summed E-state index contributed by atoms with van der Waals surface area (Å²) >= 11 is 2.89. The Balaban J connectivity index is 2.05. The molecule has 0 fully saturated rings. The number of aromatic carboxylic acids is 1. The molecular formula is C15H15N3O2S2. The highest BCUT2D eigenvalue weighted by Crippen LogP contribution is 2.35. The van der Waals surface area contributed by atoms with Crippen molar-refractivity contribution in [3.63, 3.8) is 0 Å². The first kappa shape index (κ1) is 14.9. The third kappa shape index (κ3) is 2.57. The topological polar surface area (TPSA) is 75.1 Å². The van der Waals surface area contributed by atoms with Gasteiger partial charge in [-0.05, 0) is 30.4 Å². The second-order valence-electron chi connectivity index (χ2n) is 4.88. The van der Waals surface area contributed by atoms with Crippen molar-refractivity contribution in [3.8, 4) is 0 Å². The number of anilines is 1. The monoisotopic (exact) mass is 333 g/mol. The van der Waals surface area contributed by atoms with Crippen LogP contribution in [0, 0.1) is 6.92 Å². The number of thiophene rings is 2. The van der Waals surface area contributed by atoms with Gasteiger partial charge in [0.1, 0.15) is 21.9 Å². The van der Waals surface area contributed by atoms with E-state index in [2.05, 4.69) is 28.3 Å². The number of carboxylic acid groups (broad SMARTS) is 1. The smallest absolute Gasteiger partial charge is 0.346 e. The highest BCUT2D eigenvalue weighted by molar-refractivity contribution is 7.20. The molecule has 0 aliphatic rings. The maximum absolute atomic E-state index is 11.3. The molecule has 1 atom stereocenters. The van der Waals surface area contributed by atoms with Gasteiger partial charge in [-0.3, -0.25) is 0 Å². The molecule has 5 nitrogen and oxygen atoms in total. The van der Waals surface area contributed by atoms with Crippen LogP contribution in [0.15, 0.2) is 23.8 Å². The summed E-state index contributed by atoms with van der Waals surface area (Å²) in [6.07, 6.45) is 2.40. The van der Waals surface area contributed by atoms with Crippen LogP contribution in [0.5, 0.6) is 0 Å². The first-order valence-corrected chi connectivity index (χ1v) is 8.58. The van der Waals surface area contributed by atoms with Crippen LogP contribution in [0.3, 0.4) is 0 Å². The summed E-state index contributed by atoms with van der Waals surface area (Å²) in [6, 6.07) is 4.27. The van der Waals surface area contributed by atoms with E-state index in [1.807, 2.05) is 18.4 Å².